The molecule has 0 bridgehead atoms. The zero-order valence-corrected chi connectivity index (χ0v) is 24.3. The van der Waals surface area contributed by atoms with Crippen molar-refractivity contribution in [3.8, 4) is 11.6 Å². The van der Waals surface area contributed by atoms with Crippen molar-refractivity contribution in [3.63, 3.8) is 0 Å². The fourth-order valence-electron chi connectivity index (χ4n) is 4.66. The van der Waals surface area contributed by atoms with Crippen molar-refractivity contribution in [3.05, 3.63) is 70.8 Å². The number of hydrogen-bond acceptors (Lipinski definition) is 8. The number of carbonyl (C=O) groups is 1. The molecule has 0 saturated heterocycles. The monoisotopic (exact) mass is 576 g/mol. The first kappa shape index (κ1) is 28.2. The number of amides is 1. The van der Waals surface area contributed by atoms with E-state index in [0.717, 1.165) is 37.1 Å². The number of fused-ring (bicyclic) bond motifs is 1. The molecule has 2 aromatic carbocycles. The van der Waals surface area contributed by atoms with Crippen LogP contribution in [0.1, 0.15) is 18.9 Å². The molecule has 0 aliphatic heterocycles. The van der Waals surface area contributed by atoms with Gasteiger partial charge < -0.3 is 25.2 Å². The number of anilines is 4. The Bertz CT molecular complexity index is 1670. The van der Waals surface area contributed by atoms with E-state index in [9.17, 15) is 9.59 Å². The van der Waals surface area contributed by atoms with Gasteiger partial charge in [0.2, 0.25) is 11.9 Å². The molecule has 12 heteroatoms. The molecule has 2 aromatic heterocycles. The summed E-state index contributed by atoms with van der Waals surface area (Å²) >= 11 is 6.27. The number of likely N-dealkylation sites (N-methyl/N-ethyl adjacent to an activating group) is 2. The molecule has 2 N–H and O–H groups in total. The Morgan fingerprint density at radius 2 is 1.93 bits per heavy atom. The standard InChI is InChI=1S/C29H33ClN8O3/c1-6-27(39)32-20-16-21(25(41-5)17-23(20)36(4)14-13-35(2)3)33-28-31-12-11-26(34-28)38-22-10-7-18(30)15-24(22)37(29(38)40)19-8-9-19/h6-7,10-12,15-17,19H,1,8-9,13-14H2,2-5H3,(H,32,39)(H,31,33,34). The zero-order valence-electron chi connectivity index (χ0n) is 23.5. The van der Waals surface area contributed by atoms with Crippen molar-refractivity contribution in [1.82, 2.24) is 24.0 Å². The molecule has 41 heavy (non-hydrogen) atoms. The van der Waals surface area contributed by atoms with Crippen LogP contribution in [0.3, 0.4) is 0 Å². The Balaban J connectivity index is 1.54. The van der Waals surface area contributed by atoms with E-state index in [4.69, 9.17) is 16.3 Å². The summed E-state index contributed by atoms with van der Waals surface area (Å²) in [5, 5.41) is 6.66. The number of rotatable bonds is 11. The van der Waals surface area contributed by atoms with E-state index >= 15 is 0 Å². The first-order valence-electron chi connectivity index (χ1n) is 13.2. The molecule has 214 valence electrons. The molecule has 4 aromatic rings. The Kier molecular flexibility index (Phi) is 8.00. The molecule has 1 saturated carbocycles. The van der Waals surface area contributed by atoms with Gasteiger partial charge in [-0.25, -0.2) is 14.3 Å². The maximum atomic E-state index is 13.6. The molecule has 0 spiro atoms. The number of nitrogens with zero attached hydrogens (tertiary/aromatic N) is 6. The topological polar surface area (TPSA) is 110 Å². The third kappa shape index (κ3) is 5.91. The summed E-state index contributed by atoms with van der Waals surface area (Å²) in [6.07, 6.45) is 4.71. The summed E-state index contributed by atoms with van der Waals surface area (Å²) in [6, 6.07) is 10.9. The molecular formula is C29H33ClN8O3. The number of hydrogen-bond donors (Lipinski definition) is 2. The van der Waals surface area contributed by atoms with Gasteiger partial charge in [0.25, 0.3) is 0 Å². The lowest BCUT2D eigenvalue weighted by atomic mass is 10.2. The molecule has 0 atom stereocenters. The Labute approximate surface area is 243 Å². The van der Waals surface area contributed by atoms with Crippen molar-refractivity contribution in [2.45, 2.75) is 18.9 Å². The van der Waals surface area contributed by atoms with E-state index in [1.54, 1.807) is 40.6 Å². The number of methoxy groups -OCH3 is 1. The third-order valence-electron chi connectivity index (χ3n) is 6.92. The van der Waals surface area contributed by atoms with Crippen LogP contribution < -0.4 is 26.0 Å². The van der Waals surface area contributed by atoms with Crippen LogP contribution in [0.4, 0.5) is 23.0 Å². The number of aromatic nitrogens is 4. The van der Waals surface area contributed by atoms with Crippen LogP contribution in [0.15, 0.2) is 60.0 Å². The predicted molar refractivity (Wildman–Crippen MR) is 163 cm³/mol. The highest BCUT2D eigenvalue weighted by Gasteiger charge is 2.29. The quantitative estimate of drug-likeness (QED) is 0.252. The minimum atomic E-state index is -0.340. The van der Waals surface area contributed by atoms with Gasteiger partial charge in [-0.2, -0.15) is 4.98 Å². The fraction of sp³-hybridized carbons (Fsp3) is 0.310. The molecule has 2 heterocycles. The van der Waals surface area contributed by atoms with Gasteiger partial charge in [-0.1, -0.05) is 18.2 Å². The van der Waals surface area contributed by atoms with Gasteiger partial charge in [-0.15, -0.1) is 0 Å². The molecule has 5 rings (SSSR count). The predicted octanol–water partition coefficient (Wildman–Crippen LogP) is 4.45. The van der Waals surface area contributed by atoms with Gasteiger partial charge in [0.05, 0.1) is 35.2 Å². The molecule has 1 aliphatic rings. The smallest absolute Gasteiger partial charge is 0.335 e. The number of imidazole rings is 1. The van der Waals surface area contributed by atoms with Gasteiger partial charge >= 0.3 is 5.69 Å². The highest BCUT2D eigenvalue weighted by molar-refractivity contribution is 6.31. The second-order valence-corrected chi connectivity index (χ2v) is 10.6. The average Bonchev–Trinajstić information content (AvgIpc) is 3.74. The minimum absolute atomic E-state index is 0.159. The van der Waals surface area contributed by atoms with Crippen LogP contribution in [0.2, 0.25) is 5.02 Å². The maximum Gasteiger partial charge on any atom is 0.335 e. The molecule has 1 amide bonds. The second-order valence-electron chi connectivity index (χ2n) is 10.2. The lowest BCUT2D eigenvalue weighted by molar-refractivity contribution is -0.111. The largest absolute Gasteiger partial charge is 0.494 e. The van der Waals surface area contributed by atoms with E-state index in [2.05, 4.69) is 32.1 Å². The van der Waals surface area contributed by atoms with Crippen LogP contribution in [-0.2, 0) is 4.79 Å². The van der Waals surface area contributed by atoms with Crippen LogP contribution in [0.5, 0.6) is 5.75 Å². The van der Waals surface area contributed by atoms with Gasteiger partial charge in [-0.3, -0.25) is 9.36 Å². The summed E-state index contributed by atoms with van der Waals surface area (Å²) in [5.74, 6) is 0.856. The number of ether oxygens (including phenoxy) is 1. The van der Waals surface area contributed by atoms with Gasteiger partial charge in [0, 0.05) is 49.5 Å². The van der Waals surface area contributed by atoms with E-state index in [1.165, 1.54) is 6.08 Å². The van der Waals surface area contributed by atoms with Crippen LogP contribution in [0.25, 0.3) is 16.9 Å². The summed E-state index contributed by atoms with van der Waals surface area (Å²) in [4.78, 5) is 39.0. The number of nitrogens with one attached hydrogen (secondary N) is 2. The summed E-state index contributed by atoms with van der Waals surface area (Å²) in [6.45, 7) is 5.11. The van der Waals surface area contributed by atoms with Crippen LogP contribution in [0, 0.1) is 0 Å². The lowest BCUT2D eigenvalue weighted by Gasteiger charge is -2.26. The molecule has 0 radical (unpaired) electrons. The molecule has 1 fully saturated rings. The Morgan fingerprint density at radius 1 is 1.15 bits per heavy atom. The Hall–Kier alpha value is -4.35. The highest BCUT2D eigenvalue weighted by Crippen LogP contribution is 2.39. The molecular weight excluding hydrogens is 544 g/mol. The van der Waals surface area contributed by atoms with Crippen molar-refractivity contribution in [2.24, 2.45) is 0 Å². The molecule has 1 aliphatic carbocycles. The van der Waals surface area contributed by atoms with Crippen molar-refractivity contribution >= 4 is 51.6 Å². The average molecular weight is 577 g/mol. The second kappa shape index (κ2) is 11.6. The number of carbonyl (C=O) groups excluding carboxylic acids is 1. The SMILES string of the molecule is C=CC(=O)Nc1cc(Nc2nccc(-n3c(=O)n(C4CC4)c4cc(Cl)ccc43)n2)c(OC)cc1N(C)CCN(C)C. The van der Waals surface area contributed by atoms with E-state index in [1.807, 2.05) is 44.2 Å². The normalized spacial score (nSPS) is 12.9. The fourth-order valence-corrected chi connectivity index (χ4v) is 4.83. The first-order chi connectivity index (χ1) is 19.7. The summed E-state index contributed by atoms with van der Waals surface area (Å²) < 4.78 is 9.07. The van der Waals surface area contributed by atoms with Crippen molar-refractivity contribution < 1.29 is 9.53 Å². The van der Waals surface area contributed by atoms with Crippen molar-refractivity contribution in [1.29, 1.82) is 0 Å². The number of halogens is 1. The summed E-state index contributed by atoms with van der Waals surface area (Å²) in [5.41, 5.74) is 3.19. The highest BCUT2D eigenvalue weighted by atomic mass is 35.5. The number of benzene rings is 2. The van der Waals surface area contributed by atoms with Gasteiger partial charge in [0.1, 0.15) is 11.6 Å². The van der Waals surface area contributed by atoms with Crippen LogP contribution >= 0.6 is 11.6 Å². The zero-order chi connectivity index (χ0) is 29.3. The molecule has 0 unspecified atom stereocenters. The third-order valence-corrected chi connectivity index (χ3v) is 7.15. The van der Waals surface area contributed by atoms with E-state index in [-0.39, 0.29) is 23.6 Å². The van der Waals surface area contributed by atoms with E-state index in [0.29, 0.717) is 33.5 Å². The Morgan fingerprint density at radius 3 is 2.61 bits per heavy atom. The maximum absolute atomic E-state index is 13.6. The lowest BCUT2D eigenvalue weighted by Crippen LogP contribution is -2.29. The molecule has 11 nitrogen and oxygen atoms in total. The van der Waals surface area contributed by atoms with Crippen molar-refractivity contribution in [2.75, 3.05) is 56.9 Å². The first-order valence-corrected chi connectivity index (χ1v) is 13.6. The van der Waals surface area contributed by atoms with E-state index < -0.39 is 0 Å². The minimum Gasteiger partial charge on any atom is -0.494 e. The van der Waals surface area contributed by atoms with Gasteiger partial charge in [0.15, 0.2) is 0 Å². The summed E-state index contributed by atoms with van der Waals surface area (Å²) in [7, 11) is 7.52. The van der Waals surface area contributed by atoms with Gasteiger partial charge in [-0.05, 0) is 57.3 Å². The van der Waals surface area contributed by atoms with Crippen LogP contribution in [-0.4, -0.2) is 71.3 Å².